The lowest BCUT2D eigenvalue weighted by molar-refractivity contribution is -0.142. The smallest absolute Gasteiger partial charge is 0.308 e. The Balaban J connectivity index is 1.59. The van der Waals surface area contributed by atoms with Crippen LogP contribution in [0.5, 0.6) is 0 Å². The van der Waals surface area contributed by atoms with E-state index in [1.165, 1.54) is 18.0 Å². The third kappa shape index (κ3) is 4.18. The van der Waals surface area contributed by atoms with E-state index in [4.69, 9.17) is 0 Å². The van der Waals surface area contributed by atoms with Crippen LogP contribution >= 0.6 is 0 Å². The number of aliphatic carboxylic acids is 1. The predicted molar refractivity (Wildman–Crippen MR) is 111 cm³/mol. The fourth-order valence-electron chi connectivity index (χ4n) is 4.09. The lowest BCUT2D eigenvalue weighted by Gasteiger charge is -2.23. The molecule has 2 aliphatic heterocycles. The molecule has 168 valence electrons. The average molecular weight is 443 g/mol. The van der Waals surface area contributed by atoms with Crippen molar-refractivity contribution in [2.24, 2.45) is 11.8 Å². The van der Waals surface area contributed by atoms with E-state index in [-0.39, 0.29) is 36.4 Å². The number of ketones is 1. The first-order chi connectivity index (χ1) is 15.2. The van der Waals surface area contributed by atoms with Crippen molar-refractivity contribution in [2.75, 3.05) is 18.0 Å². The summed E-state index contributed by atoms with van der Waals surface area (Å²) < 4.78 is 28.6. The van der Waals surface area contributed by atoms with Gasteiger partial charge < -0.3 is 10.0 Å². The van der Waals surface area contributed by atoms with Crippen molar-refractivity contribution < 1.29 is 23.5 Å². The van der Waals surface area contributed by atoms with Gasteiger partial charge in [-0.15, -0.1) is 0 Å². The molecule has 1 aromatic heterocycles. The van der Waals surface area contributed by atoms with Crippen LogP contribution in [0.25, 0.3) is 0 Å². The molecule has 4 rings (SSSR count). The standard InChI is InChI=1S/C22H23F2N5O3/c1-12-9-28(11-15(12)22(31)32)21-17(24)8-25-20(26-21)18-7-19(13(2)30)29(27-18)10-14-5-3-4-6-16(14)23/h3-8,12,15,18,27H,9-11H2,1-2H3,(H,31,32). The van der Waals surface area contributed by atoms with Crippen LogP contribution in [0.3, 0.4) is 0 Å². The van der Waals surface area contributed by atoms with Gasteiger partial charge in [0.2, 0.25) is 0 Å². The van der Waals surface area contributed by atoms with Gasteiger partial charge in [-0.25, -0.2) is 24.2 Å². The number of aromatic nitrogens is 2. The molecule has 2 N–H and O–H groups in total. The zero-order chi connectivity index (χ0) is 23.0. The fraction of sp³-hybridized carbons (Fsp3) is 0.364. The molecule has 1 saturated heterocycles. The molecular weight excluding hydrogens is 420 g/mol. The largest absolute Gasteiger partial charge is 0.481 e. The minimum atomic E-state index is -0.926. The summed E-state index contributed by atoms with van der Waals surface area (Å²) in [6, 6.07) is 5.64. The SMILES string of the molecule is CC(=O)C1=CC(c2ncc(F)c(N3CC(C)C(C(=O)O)C3)n2)NN1Cc1ccccc1F. The normalized spacial score (nSPS) is 22.9. The van der Waals surface area contributed by atoms with Crippen LogP contribution in [0.2, 0.25) is 0 Å². The molecule has 2 aliphatic rings. The van der Waals surface area contributed by atoms with Crippen molar-refractivity contribution in [3.63, 3.8) is 0 Å². The van der Waals surface area contributed by atoms with Gasteiger partial charge in [0.05, 0.1) is 24.4 Å². The number of carboxylic acids is 1. The molecule has 0 saturated carbocycles. The maximum absolute atomic E-state index is 14.5. The summed E-state index contributed by atoms with van der Waals surface area (Å²) >= 11 is 0. The quantitative estimate of drug-likeness (QED) is 0.703. The molecule has 1 aromatic carbocycles. The summed E-state index contributed by atoms with van der Waals surface area (Å²) in [6.45, 7) is 3.82. The highest BCUT2D eigenvalue weighted by atomic mass is 19.1. The van der Waals surface area contributed by atoms with Gasteiger partial charge in [0.25, 0.3) is 0 Å². The monoisotopic (exact) mass is 443 g/mol. The van der Waals surface area contributed by atoms with E-state index in [2.05, 4.69) is 15.4 Å². The minimum Gasteiger partial charge on any atom is -0.481 e. The third-order valence-electron chi connectivity index (χ3n) is 5.81. The second-order valence-electron chi connectivity index (χ2n) is 8.12. The number of hydrogen-bond acceptors (Lipinski definition) is 7. The first-order valence-electron chi connectivity index (χ1n) is 10.2. The summed E-state index contributed by atoms with van der Waals surface area (Å²) in [4.78, 5) is 33.6. The van der Waals surface area contributed by atoms with Crippen molar-refractivity contribution in [1.29, 1.82) is 0 Å². The van der Waals surface area contributed by atoms with Gasteiger partial charge in [-0.2, -0.15) is 0 Å². The van der Waals surface area contributed by atoms with Crippen LogP contribution in [0.4, 0.5) is 14.6 Å². The van der Waals surface area contributed by atoms with E-state index >= 15 is 0 Å². The van der Waals surface area contributed by atoms with Gasteiger partial charge in [-0.05, 0) is 18.1 Å². The molecular formula is C22H23F2N5O3. The van der Waals surface area contributed by atoms with Crippen molar-refractivity contribution in [3.05, 3.63) is 65.3 Å². The number of nitrogens with one attached hydrogen (secondary N) is 1. The van der Waals surface area contributed by atoms with Crippen molar-refractivity contribution in [3.8, 4) is 0 Å². The minimum absolute atomic E-state index is 0.0257. The Hall–Kier alpha value is -3.40. The lowest BCUT2D eigenvalue weighted by Crippen LogP contribution is -2.35. The lowest BCUT2D eigenvalue weighted by atomic mass is 9.99. The number of carbonyl (C=O) groups is 2. The van der Waals surface area contributed by atoms with Crippen molar-refractivity contribution in [1.82, 2.24) is 20.4 Å². The summed E-state index contributed by atoms with van der Waals surface area (Å²) in [5.41, 5.74) is 3.81. The molecule has 0 amide bonds. The van der Waals surface area contributed by atoms with E-state index in [0.717, 1.165) is 6.20 Å². The number of Topliss-reactive ketones (excluding diaryl/α,β-unsaturated/α-hetero) is 1. The second kappa shape index (κ2) is 8.62. The fourth-order valence-corrected chi connectivity index (χ4v) is 4.09. The van der Waals surface area contributed by atoms with Crippen LogP contribution in [0.1, 0.15) is 31.3 Å². The van der Waals surface area contributed by atoms with E-state index in [9.17, 15) is 23.5 Å². The molecule has 8 nitrogen and oxygen atoms in total. The summed E-state index contributed by atoms with van der Waals surface area (Å²) in [5, 5.41) is 10.9. The number of anilines is 1. The first-order valence-corrected chi connectivity index (χ1v) is 10.2. The number of halogens is 2. The summed E-state index contributed by atoms with van der Waals surface area (Å²) in [7, 11) is 0. The number of hydrazine groups is 1. The summed E-state index contributed by atoms with van der Waals surface area (Å²) in [5.74, 6) is -2.71. The van der Waals surface area contributed by atoms with Gasteiger partial charge in [0.15, 0.2) is 23.2 Å². The molecule has 0 spiro atoms. The highest BCUT2D eigenvalue weighted by Crippen LogP contribution is 2.31. The van der Waals surface area contributed by atoms with Gasteiger partial charge in [0, 0.05) is 25.6 Å². The van der Waals surface area contributed by atoms with Crippen LogP contribution in [-0.4, -0.2) is 44.9 Å². The average Bonchev–Trinajstić information content (AvgIpc) is 3.34. The molecule has 2 aromatic rings. The Morgan fingerprint density at radius 1 is 1.22 bits per heavy atom. The van der Waals surface area contributed by atoms with E-state index < -0.39 is 29.6 Å². The third-order valence-corrected chi connectivity index (χ3v) is 5.81. The van der Waals surface area contributed by atoms with Gasteiger partial charge in [-0.1, -0.05) is 25.1 Å². The van der Waals surface area contributed by atoms with Crippen molar-refractivity contribution in [2.45, 2.75) is 26.4 Å². The van der Waals surface area contributed by atoms with Crippen LogP contribution < -0.4 is 10.3 Å². The molecule has 10 heteroatoms. The predicted octanol–water partition coefficient (Wildman–Crippen LogP) is 2.45. The number of carbonyl (C=O) groups excluding carboxylic acids is 1. The van der Waals surface area contributed by atoms with E-state index in [0.29, 0.717) is 17.8 Å². The summed E-state index contributed by atoms with van der Waals surface area (Å²) in [6.07, 6.45) is 2.66. The van der Waals surface area contributed by atoms with Crippen LogP contribution in [0, 0.1) is 23.5 Å². The highest BCUT2D eigenvalue weighted by Gasteiger charge is 2.37. The Morgan fingerprint density at radius 3 is 2.62 bits per heavy atom. The topological polar surface area (TPSA) is 98.7 Å². The zero-order valence-electron chi connectivity index (χ0n) is 17.6. The molecule has 3 unspecified atom stereocenters. The van der Waals surface area contributed by atoms with Crippen LogP contribution in [-0.2, 0) is 16.1 Å². The van der Waals surface area contributed by atoms with Crippen LogP contribution in [0.15, 0.2) is 42.2 Å². The highest BCUT2D eigenvalue weighted by molar-refractivity contribution is 5.93. The number of carboxylic acid groups (broad SMARTS) is 1. The maximum Gasteiger partial charge on any atom is 0.308 e. The maximum atomic E-state index is 14.5. The number of rotatable bonds is 6. The number of hydrogen-bond donors (Lipinski definition) is 2. The Bertz CT molecular complexity index is 1090. The van der Waals surface area contributed by atoms with Gasteiger partial charge in [0.1, 0.15) is 11.9 Å². The number of nitrogens with zero attached hydrogens (tertiary/aromatic N) is 4. The van der Waals surface area contributed by atoms with Gasteiger partial charge in [-0.3, -0.25) is 14.6 Å². The Morgan fingerprint density at radius 2 is 1.97 bits per heavy atom. The molecule has 0 aliphatic carbocycles. The molecule has 3 atom stereocenters. The van der Waals surface area contributed by atoms with E-state index in [1.54, 1.807) is 36.1 Å². The van der Waals surface area contributed by atoms with Gasteiger partial charge >= 0.3 is 5.97 Å². The van der Waals surface area contributed by atoms with E-state index in [1.807, 2.05) is 0 Å². The molecule has 32 heavy (non-hydrogen) atoms. The second-order valence-corrected chi connectivity index (χ2v) is 8.12. The Labute approximate surface area is 183 Å². The molecule has 3 heterocycles. The first kappa shape index (κ1) is 21.8. The molecule has 0 radical (unpaired) electrons. The zero-order valence-corrected chi connectivity index (χ0v) is 17.6. The molecule has 0 bridgehead atoms. The number of allylic oxidation sites excluding steroid dienone is 1. The van der Waals surface area contributed by atoms with Crippen molar-refractivity contribution >= 4 is 17.6 Å². The number of benzene rings is 1. The molecule has 1 fully saturated rings. The Kier molecular flexibility index (Phi) is 5.88.